The van der Waals surface area contributed by atoms with Gasteiger partial charge in [0.2, 0.25) is 0 Å². The molecular weight excluding hydrogens is 295 g/mol. The highest BCUT2D eigenvalue weighted by molar-refractivity contribution is 9.09. The Morgan fingerprint density at radius 2 is 1.73 bits per heavy atom. The summed E-state index contributed by atoms with van der Waals surface area (Å²) in [6.45, 7) is 4.42. The van der Waals surface area contributed by atoms with E-state index in [-0.39, 0.29) is 0 Å². The monoisotopic (exact) mass is 308 g/mol. The van der Waals surface area contributed by atoms with Crippen LogP contribution in [0.25, 0.3) is 0 Å². The minimum atomic E-state index is 0.363. The van der Waals surface area contributed by atoms with Crippen LogP contribution in [0.5, 0.6) is 0 Å². The van der Waals surface area contributed by atoms with Crippen molar-refractivity contribution in [3.8, 4) is 0 Å². The lowest BCUT2D eigenvalue weighted by molar-refractivity contribution is 0.487. The molecule has 1 unspecified atom stereocenters. The molecule has 0 aromatic heterocycles. The standard InChI is InChI=1S/C12H15BrCl2/c1-3-8(4-2)12(13)9-5-6-10(14)11(15)7-9/h5-8,12H,3-4H2,1-2H3. The van der Waals surface area contributed by atoms with Gasteiger partial charge in [-0.25, -0.2) is 0 Å². The van der Waals surface area contributed by atoms with Crippen LogP contribution in [0, 0.1) is 5.92 Å². The first-order chi connectivity index (χ1) is 7.10. The second-order valence-electron chi connectivity index (χ2n) is 3.65. The van der Waals surface area contributed by atoms with Gasteiger partial charge in [0.1, 0.15) is 0 Å². The van der Waals surface area contributed by atoms with E-state index in [1.54, 1.807) is 0 Å². The quantitative estimate of drug-likeness (QED) is 0.610. The van der Waals surface area contributed by atoms with Gasteiger partial charge in [0.25, 0.3) is 0 Å². The van der Waals surface area contributed by atoms with Crippen molar-refractivity contribution >= 4 is 39.1 Å². The summed E-state index contributed by atoms with van der Waals surface area (Å²) >= 11 is 15.6. The highest BCUT2D eigenvalue weighted by atomic mass is 79.9. The van der Waals surface area contributed by atoms with Gasteiger partial charge in [0, 0.05) is 4.83 Å². The molecule has 0 fully saturated rings. The molecule has 1 aromatic rings. The van der Waals surface area contributed by atoms with E-state index in [1.165, 1.54) is 5.56 Å². The molecule has 0 bridgehead atoms. The van der Waals surface area contributed by atoms with E-state index in [9.17, 15) is 0 Å². The smallest absolute Gasteiger partial charge is 0.0595 e. The lowest BCUT2D eigenvalue weighted by Gasteiger charge is -2.20. The van der Waals surface area contributed by atoms with Gasteiger partial charge in [-0.15, -0.1) is 0 Å². The van der Waals surface area contributed by atoms with E-state index >= 15 is 0 Å². The molecular formula is C12H15BrCl2. The normalized spacial score (nSPS) is 13.2. The molecule has 0 saturated carbocycles. The fraction of sp³-hybridized carbons (Fsp3) is 0.500. The molecule has 0 radical (unpaired) electrons. The lowest BCUT2D eigenvalue weighted by atomic mass is 9.94. The number of halogens is 3. The van der Waals surface area contributed by atoms with Crippen molar-refractivity contribution in [3.05, 3.63) is 33.8 Å². The molecule has 0 saturated heterocycles. The molecule has 0 aliphatic rings. The summed E-state index contributed by atoms with van der Waals surface area (Å²) in [6.07, 6.45) is 2.32. The van der Waals surface area contributed by atoms with Gasteiger partial charge in [0.15, 0.2) is 0 Å². The Morgan fingerprint density at radius 1 is 1.13 bits per heavy atom. The summed E-state index contributed by atoms with van der Waals surface area (Å²) in [5, 5.41) is 1.24. The molecule has 0 aliphatic heterocycles. The van der Waals surface area contributed by atoms with E-state index in [4.69, 9.17) is 23.2 Å². The van der Waals surface area contributed by atoms with Crippen LogP contribution >= 0.6 is 39.1 Å². The Labute approximate surface area is 110 Å². The second kappa shape index (κ2) is 6.12. The van der Waals surface area contributed by atoms with Gasteiger partial charge in [-0.1, -0.05) is 71.9 Å². The maximum Gasteiger partial charge on any atom is 0.0595 e. The molecule has 1 atom stereocenters. The third kappa shape index (κ3) is 3.37. The van der Waals surface area contributed by atoms with Crippen molar-refractivity contribution in [3.63, 3.8) is 0 Å². The predicted octanol–water partition coefficient (Wildman–Crippen LogP) is 5.87. The molecule has 1 rings (SSSR count). The zero-order valence-corrected chi connectivity index (χ0v) is 12.0. The predicted molar refractivity (Wildman–Crippen MR) is 72.2 cm³/mol. The highest BCUT2D eigenvalue weighted by Gasteiger charge is 2.17. The van der Waals surface area contributed by atoms with E-state index in [2.05, 4.69) is 29.8 Å². The Balaban J connectivity index is 2.90. The Morgan fingerprint density at radius 3 is 2.20 bits per heavy atom. The van der Waals surface area contributed by atoms with Crippen LogP contribution in [-0.2, 0) is 0 Å². The lowest BCUT2D eigenvalue weighted by Crippen LogP contribution is -2.05. The van der Waals surface area contributed by atoms with Crippen LogP contribution in [0.4, 0.5) is 0 Å². The van der Waals surface area contributed by atoms with Gasteiger partial charge >= 0.3 is 0 Å². The van der Waals surface area contributed by atoms with E-state index in [0.29, 0.717) is 20.8 Å². The third-order valence-corrected chi connectivity index (χ3v) is 4.74. The Bertz CT molecular complexity index is 321. The summed E-state index contributed by atoms with van der Waals surface area (Å²) in [7, 11) is 0. The minimum Gasteiger partial charge on any atom is -0.0836 e. The second-order valence-corrected chi connectivity index (χ2v) is 5.45. The molecule has 0 N–H and O–H groups in total. The van der Waals surface area contributed by atoms with Crippen LogP contribution in [-0.4, -0.2) is 0 Å². The first-order valence-electron chi connectivity index (χ1n) is 5.19. The van der Waals surface area contributed by atoms with Gasteiger partial charge in [-0.2, -0.15) is 0 Å². The van der Waals surface area contributed by atoms with Crippen LogP contribution in [0.2, 0.25) is 10.0 Å². The summed E-state index contributed by atoms with van der Waals surface area (Å²) in [5.74, 6) is 0.641. The zero-order valence-electron chi connectivity index (χ0n) is 8.93. The fourth-order valence-corrected chi connectivity index (χ4v) is 3.00. The summed E-state index contributed by atoms with van der Waals surface area (Å²) in [6, 6.07) is 5.84. The molecule has 1 aromatic carbocycles. The van der Waals surface area contributed by atoms with Crippen LogP contribution in [0.1, 0.15) is 37.1 Å². The molecule has 0 spiro atoms. The molecule has 15 heavy (non-hydrogen) atoms. The number of alkyl halides is 1. The Kier molecular flexibility index (Phi) is 5.45. The van der Waals surface area contributed by atoms with Gasteiger partial charge < -0.3 is 0 Å². The van der Waals surface area contributed by atoms with Gasteiger partial charge in [-0.3, -0.25) is 0 Å². The van der Waals surface area contributed by atoms with E-state index in [0.717, 1.165) is 12.8 Å². The fourth-order valence-electron chi connectivity index (χ4n) is 1.66. The van der Waals surface area contributed by atoms with Crippen molar-refractivity contribution in [2.75, 3.05) is 0 Å². The molecule has 0 nitrogen and oxygen atoms in total. The average molecular weight is 310 g/mol. The van der Waals surface area contributed by atoms with Crippen molar-refractivity contribution in [1.29, 1.82) is 0 Å². The van der Waals surface area contributed by atoms with Crippen molar-refractivity contribution in [2.45, 2.75) is 31.5 Å². The first kappa shape index (κ1) is 13.3. The number of benzene rings is 1. The van der Waals surface area contributed by atoms with Crippen molar-refractivity contribution < 1.29 is 0 Å². The first-order valence-corrected chi connectivity index (χ1v) is 6.86. The van der Waals surface area contributed by atoms with Crippen LogP contribution in [0.15, 0.2) is 18.2 Å². The number of hydrogen-bond acceptors (Lipinski definition) is 0. The SMILES string of the molecule is CCC(CC)C(Br)c1ccc(Cl)c(Cl)c1. The topological polar surface area (TPSA) is 0 Å². The highest BCUT2D eigenvalue weighted by Crippen LogP contribution is 2.37. The average Bonchev–Trinajstić information content (AvgIpc) is 2.23. The van der Waals surface area contributed by atoms with E-state index < -0.39 is 0 Å². The van der Waals surface area contributed by atoms with Crippen LogP contribution in [0.3, 0.4) is 0 Å². The van der Waals surface area contributed by atoms with Crippen molar-refractivity contribution in [1.82, 2.24) is 0 Å². The maximum absolute atomic E-state index is 6.00. The van der Waals surface area contributed by atoms with Gasteiger partial charge in [0.05, 0.1) is 10.0 Å². The molecule has 0 aliphatic carbocycles. The number of hydrogen-bond donors (Lipinski definition) is 0. The maximum atomic E-state index is 6.00. The van der Waals surface area contributed by atoms with E-state index in [1.807, 2.05) is 18.2 Å². The minimum absolute atomic E-state index is 0.363. The molecule has 0 amide bonds. The van der Waals surface area contributed by atoms with Gasteiger partial charge in [-0.05, 0) is 23.6 Å². The third-order valence-electron chi connectivity index (χ3n) is 2.72. The largest absolute Gasteiger partial charge is 0.0836 e. The zero-order chi connectivity index (χ0) is 11.4. The van der Waals surface area contributed by atoms with Crippen molar-refractivity contribution in [2.24, 2.45) is 5.92 Å². The van der Waals surface area contributed by atoms with Crippen LogP contribution < -0.4 is 0 Å². The summed E-state index contributed by atoms with van der Waals surface area (Å²) < 4.78 is 0. The molecule has 3 heteroatoms. The summed E-state index contributed by atoms with van der Waals surface area (Å²) in [5.41, 5.74) is 1.21. The molecule has 84 valence electrons. The Hall–Kier alpha value is 0.280. The summed E-state index contributed by atoms with van der Waals surface area (Å²) in [4.78, 5) is 0.363. The number of rotatable bonds is 4. The molecule has 0 heterocycles.